The number of carbonyl (C=O) groups is 2. The van der Waals surface area contributed by atoms with Crippen LogP contribution in [0.25, 0.3) is 16.9 Å². The van der Waals surface area contributed by atoms with Crippen LogP contribution in [0.2, 0.25) is 0 Å². The number of nitrogens with zero attached hydrogens (tertiary/aromatic N) is 3. The van der Waals surface area contributed by atoms with Gasteiger partial charge in [0.15, 0.2) is 17.3 Å². The van der Waals surface area contributed by atoms with E-state index in [0.29, 0.717) is 35.4 Å². The molecular formula is C28H30N4O5. The maximum atomic E-state index is 13.2. The number of benzene rings is 2. The summed E-state index contributed by atoms with van der Waals surface area (Å²) in [6, 6.07) is 18.3. The summed E-state index contributed by atoms with van der Waals surface area (Å²) in [4.78, 5) is 32.3. The van der Waals surface area contributed by atoms with Gasteiger partial charge in [0.2, 0.25) is 11.9 Å². The molecule has 2 aromatic heterocycles. The van der Waals surface area contributed by atoms with Crippen molar-refractivity contribution < 1.29 is 23.5 Å². The average Bonchev–Trinajstić information content (AvgIpc) is 3.58. The Bertz CT molecular complexity index is 1350. The minimum atomic E-state index is -0.382. The van der Waals surface area contributed by atoms with Gasteiger partial charge in [-0.15, -0.1) is 0 Å². The molecule has 9 heteroatoms. The van der Waals surface area contributed by atoms with Crippen molar-refractivity contribution in [2.45, 2.75) is 13.8 Å². The molecule has 0 saturated carbocycles. The Hall–Kier alpha value is -4.53. The first-order valence-corrected chi connectivity index (χ1v) is 11.9. The van der Waals surface area contributed by atoms with Crippen molar-refractivity contribution in [2.75, 3.05) is 32.6 Å². The van der Waals surface area contributed by atoms with Gasteiger partial charge in [-0.1, -0.05) is 44.2 Å². The molecule has 2 aromatic carbocycles. The lowest BCUT2D eigenvalue weighted by Crippen LogP contribution is -2.40. The number of rotatable bonds is 10. The number of furan rings is 1. The number of amides is 2. The van der Waals surface area contributed by atoms with Gasteiger partial charge in [0.25, 0.3) is 5.91 Å². The van der Waals surface area contributed by atoms with Crippen molar-refractivity contribution >= 4 is 17.8 Å². The highest BCUT2D eigenvalue weighted by atomic mass is 16.5. The van der Waals surface area contributed by atoms with Gasteiger partial charge in [-0.2, -0.15) is 0 Å². The Morgan fingerprint density at radius 3 is 2.43 bits per heavy atom. The van der Waals surface area contributed by atoms with Crippen LogP contribution in [0, 0.1) is 5.92 Å². The maximum Gasteiger partial charge on any atom is 0.290 e. The van der Waals surface area contributed by atoms with Gasteiger partial charge in [-0.05, 0) is 30.2 Å². The lowest BCUT2D eigenvalue weighted by molar-refractivity contribution is -0.117. The fourth-order valence-corrected chi connectivity index (χ4v) is 3.94. The van der Waals surface area contributed by atoms with E-state index >= 15 is 0 Å². The minimum Gasteiger partial charge on any atom is -0.493 e. The molecule has 37 heavy (non-hydrogen) atoms. The van der Waals surface area contributed by atoms with E-state index in [1.165, 1.54) is 11.2 Å². The second-order valence-electron chi connectivity index (χ2n) is 8.83. The summed E-state index contributed by atoms with van der Waals surface area (Å²) >= 11 is 0. The number of carbonyl (C=O) groups excluding carboxylic acids is 2. The van der Waals surface area contributed by atoms with Crippen molar-refractivity contribution in [3.8, 4) is 28.4 Å². The number of hydrogen-bond acceptors (Lipinski definition) is 6. The van der Waals surface area contributed by atoms with Crippen LogP contribution in [0.5, 0.6) is 11.5 Å². The zero-order chi connectivity index (χ0) is 26.4. The second kappa shape index (κ2) is 11.5. The third-order valence-electron chi connectivity index (χ3n) is 5.61. The van der Waals surface area contributed by atoms with E-state index in [4.69, 9.17) is 18.9 Å². The number of methoxy groups -OCH3 is 2. The molecule has 4 aromatic rings. The summed E-state index contributed by atoms with van der Waals surface area (Å²) in [6.07, 6.45) is 3.28. The first-order chi connectivity index (χ1) is 17.9. The van der Waals surface area contributed by atoms with E-state index in [9.17, 15) is 9.59 Å². The van der Waals surface area contributed by atoms with Crippen molar-refractivity contribution in [1.29, 1.82) is 0 Å². The molecule has 192 valence electrons. The summed E-state index contributed by atoms with van der Waals surface area (Å²) in [5.74, 6) is 1.05. The highest BCUT2D eigenvalue weighted by Gasteiger charge is 2.23. The Labute approximate surface area is 215 Å². The third kappa shape index (κ3) is 6.00. The maximum absolute atomic E-state index is 13.2. The van der Waals surface area contributed by atoms with Crippen molar-refractivity contribution in [3.05, 3.63) is 78.9 Å². The van der Waals surface area contributed by atoms with E-state index in [0.717, 1.165) is 5.56 Å². The van der Waals surface area contributed by atoms with Gasteiger partial charge in [0.1, 0.15) is 6.54 Å². The summed E-state index contributed by atoms with van der Waals surface area (Å²) in [6.45, 7) is 4.20. The van der Waals surface area contributed by atoms with Crippen LogP contribution in [0.3, 0.4) is 0 Å². The summed E-state index contributed by atoms with van der Waals surface area (Å²) in [5, 5.41) is 2.89. The molecule has 0 unspecified atom stereocenters. The molecule has 0 saturated heterocycles. The predicted octanol–water partition coefficient (Wildman–Crippen LogP) is 4.89. The lowest BCUT2D eigenvalue weighted by atomic mass is 10.2. The van der Waals surface area contributed by atoms with Crippen LogP contribution in [0.1, 0.15) is 24.4 Å². The quantitative estimate of drug-likeness (QED) is 0.332. The molecule has 0 aliphatic heterocycles. The molecule has 0 aliphatic rings. The Kier molecular flexibility index (Phi) is 7.92. The van der Waals surface area contributed by atoms with Crippen molar-refractivity contribution in [1.82, 2.24) is 14.5 Å². The predicted molar refractivity (Wildman–Crippen MR) is 140 cm³/mol. The van der Waals surface area contributed by atoms with Crippen LogP contribution in [-0.4, -0.2) is 53.6 Å². The third-order valence-corrected chi connectivity index (χ3v) is 5.61. The normalized spacial score (nSPS) is 10.8. The summed E-state index contributed by atoms with van der Waals surface area (Å²) in [5.41, 5.74) is 2.29. The Morgan fingerprint density at radius 1 is 1.03 bits per heavy atom. The highest BCUT2D eigenvalue weighted by molar-refractivity contribution is 5.97. The van der Waals surface area contributed by atoms with E-state index in [1.54, 1.807) is 43.1 Å². The summed E-state index contributed by atoms with van der Waals surface area (Å²) < 4.78 is 17.9. The molecule has 4 rings (SSSR count). The van der Waals surface area contributed by atoms with Gasteiger partial charge >= 0.3 is 0 Å². The van der Waals surface area contributed by atoms with E-state index < -0.39 is 0 Å². The van der Waals surface area contributed by atoms with Gasteiger partial charge in [0.05, 0.1) is 31.9 Å². The van der Waals surface area contributed by atoms with Crippen LogP contribution in [-0.2, 0) is 4.79 Å². The van der Waals surface area contributed by atoms with Gasteiger partial charge in [0, 0.05) is 24.4 Å². The van der Waals surface area contributed by atoms with Crippen LogP contribution in [0.4, 0.5) is 5.95 Å². The van der Waals surface area contributed by atoms with Crippen molar-refractivity contribution in [2.24, 2.45) is 5.92 Å². The average molecular weight is 503 g/mol. The largest absolute Gasteiger partial charge is 0.493 e. The highest BCUT2D eigenvalue weighted by Crippen LogP contribution is 2.31. The molecule has 0 bridgehead atoms. The van der Waals surface area contributed by atoms with E-state index in [2.05, 4.69) is 5.32 Å². The second-order valence-corrected chi connectivity index (χ2v) is 8.83. The number of imidazole rings is 1. The number of hydrogen-bond donors (Lipinski definition) is 1. The van der Waals surface area contributed by atoms with E-state index in [1.807, 2.05) is 56.4 Å². The minimum absolute atomic E-state index is 0.156. The fraction of sp³-hybridized carbons (Fsp3) is 0.250. The molecule has 1 N–H and O–H groups in total. The van der Waals surface area contributed by atoms with Gasteiger partial charge < -0.3 is 18.8 Å². The topological polar surface area (TPSA) is 98.8 Å². The van der Waals surface area contributed by atoms with Crippen LogP contribution < -0.4 is 14.8 Å². The molecule has 0 spiro atoms. The molecule has 0 radical (unpaired) electrons. The molecule has 2 amide bonds. The molecule has 0 aliphatic carbocycles. The van der Waals surface area contributed by atoms with E-state index in [-0.39, 0.29) is 30.0 Å². The summed E-state index contributed by atoms with van der Waals surface area (Å²) in [7, 11) is 3.13. The van der Waals surface area contributed by atoms with Gasteiger partial charge in [-0.25, -0.2) is 4.98 Å². The van der Waals surface area contributed by atoms with Gasteiger partial charge in [-0.3, -0.25) is 19.5 Å². The fourth-order valence-electron chi connectivity index (χ4n) is 3.94. The molecule has 9 nitrogen and oxygen atoms in total. The number of ether oxygens (including phenoxy) is 2. The van der Waals surface area contributed by atoms with Crippen LogP contribution >= 0.6 is 0 Å². The molecule has 2 heterocycles. The molecule has 0 fully saturated rings. The number of anilines is 1. The van der Waals surface area contributed by atoms with Crippen molar-refractivity contribution in [3.63, 3.8) is 0 Å². The smallest absolute Gasteiger partial charge is 0.290 e. The lowest BCUT2D eigenvalue weighted by Gasteiger charge is -2.23. The molecular weight excluding hydrogens is 472 g/mol. The standard InChI is InChI=1S/C28H30N4O5/c1-19(2)16-31(27(34)24-11-8-14-37-24)18-26(33)30-28-29-22(20-9-6-5-7-10-20)17-32(28)21-12-13-23(35-3)25(15-21)36-4/h5-15,17,19H,16,18H2,1-4H3,(H,29,30,33). The monoisotopic (exact) mass is 502 g/mol. The Balaban J connectivity index is 1.65. The number of aromatic nitrogens is 2. The Morgan fingerprint density at radius 2 is 1.78 bits per heavy atom. The van der Waals surface area contributed by atoms with Crippen LogP contribution in [0.15, 0.2) is 77.5 Å². The zero-order valence-electron chi connectivity index (χ0n) is 21.3. The number of nitrogens with one attached hydrogen (secondary N) is 1. The first-order valence-electron chi connectivity index (χ1n) is 11.9. The molecule has 0 atom stereocenters. The SMILES string of the molecule is COc1ccc(-n2cc(-c3ccccc3)nc2NC(=O)CN(CC(C)C)C(=O)c2ccco2)cc1OC. The first kappa shape index (κ1) is 25.6. The zero-order valence-corrected chi connectivity index (χ0v) is 21.3.